The van der Waals surface area contributed by atoms with Crippen molar-refractivity contribution in [2.45, 2.75) is 17.7 Å². The molecule has 1 fully saturated rings. The molecule has 28 heavy (non-hydrogen) atoms. The molecule has 11 heteroatoms. The Hall–Kier alpha value is -3.05. The molecule has 1 aromatic heterocycles. The second-order valence-electron chi connectivity index (χ2n) is 6.03. The minimum atomic E-state index is -3.58. The summed E-state index contributed by atoms with van der Waals surface area (Å²) < 4.78 is 35.8. The van der Waals surface area contributed by atoms with Crippen molar-refractivity contribution in [3.8, 4) is 0 Å². The molecule has 1 saturated heterocycles. The van der Waals surface area contributed by atoms with E-state index in [0.29, 0.717) is 13.1 Å². The SMILES string of the molecule is O=C(COC(=O)c1ccc([N+](=O)[O-])o1)c1ccc(S(=O)(=O)N2CCCC2)cc1. The first-order valence-corrected chi connectivity index (χ1v) is 9.78. The Morgan fingerprint density at radius 1 is 1.11 bits per heavy atom. The maximum absolute atomic E-state index is 12.5. The lowest BCUT2D eigenvalue weighted by atomic mass is 10.1. The van der Waals surface area contributed by atoms with Gasteiger partial charge in [0, 0.05) is 18.7 Å². The van der Waals surface area contributed by atoms with Gasteiger partial charge in [0.1, 0.15) is 4.92 Å². The molecule has 1 aromatic carbocycles. The van der Waals surface area contributed by atoms with Gasteiger partial charge in [0.15, 0.2) is 12.4 Å². The normalized spacial score (nSPS) is 14.7. The van der Waals surface area contributed by atoms with Gasteiger partial charge in [0.2, 0.25) is 15.8 Å². The van der Waals surface area contributed by atoms with Crippen LogP contribution in [0.3, 0.4) is 0 Å². The molecule has 2 heterocycles. The van der Waals surface area contributed by atoms with Crippen molar-refractivity contribution in [3.63, 3.8) is 0 Å². The van der Waals surface area contributed by atoms with Crippen molar-refractivity contribution in [3.05, 3.63) is 57.8 Å². The molecule has 0 N–H and O–H groups in total. The Morgan fingerprint density at radius 2 is 1.75 bits per heavy atom. The molecule has 1 aliphatic rings. The minimum absolute atomic E-state index is 0.0887. The summed E-state index contributed by atoms with van der Waals surface area (Å²) >= 11 is 0. The third-order valence-corrected chi connectivity index (χ3v) is 6.10. The molecule has 10 nitrogen and oxygen atoms in total. The van der Waals surface area contributed by atoms with Crippen LogP contribution < -0.4 is 0 Å². The van der Waals surface area contributed by atoms with E-state index >= 15 is 0 Å². The monoisotopic (exact) mass is 408 g/mol. The smallest absolute Gasteiger partial charge is 0.433 e. The second-order valence-corrected chi connectivity index (χ2v) is 7.97. The molecule has 0 unspecified atom stereocenters. The number of hydrogen-bond donors (Lipinski definition) is 0. The summed E-state index contributed by atoms with van der Waals surface area (Å²) in [4.78, 5) is 33.7. The van der Waals surface area contributed by atoms with Gasteiger partial charge >= 0.3 is 11.9 Å². The van der Waals surface area contributed by atoms with E-state index in [0.717, 1.165) is 25.0 Å². The van der Waals surface area contributed by atoms with Gasteiger partial charge in [-0.05, 0) is 43.2 Å². The van der Waals surface area contributed by atoms with Crippen LogP contribution in [-0.4, -0.2) is 49.1 Å². The van der Waals surface area contributed by atoms with Crippen molar-refractivity contribution >= 4 is 27.7 Å². The summed E-state index contributed by atoms with van der Waals surface area (Å²) in [6.45, 7) is 0.333. The van der Waals surface area contributed by atoms with Gasteiger partial charge in [-0.15, -0.1) is 0 Å². The molecule has 0 atom stereocenters. The Bertz CT molecular complexity index is 1000. The Kier molecular flexibility index (Phi) is 5.56. The van der Waals surface area contributed by atoms with Gasteiger partial charge in [-0.3, -0.25) is 14.9 Å². The number of carbonyl (C=O) groups excluding carboxylic acids is 2. The zero-order valence-corrected chi connectivity index (χ0v) is 15.4. The zero-order chi connectivity index (χ0) is 20.3. The van der Waals surface area contributed by atoms with Crippen molar-refractivity contribution in [1.82, 2.24) is 4.31 Å². The molecule has 2 aromatic rings. The number of ketones is 1. The number of nitrogens with zero attached hydrogens (tertiary/aromatic N) is 2. The molecule has 0 aliphatic carbocycles. The first-order chi connectivity index (χ1) is 13.3. The van der Waals surface area contributed by atoms with Crippen LogP contribution in [0.4, 0.5) is 5.88 Å². The predicted molar refractivity (Wildman–Crippen MR) is 94.4 cm³/mol. The maximum Gasteiger partial charge on any atom is 0.433 e. The van der Waals surface area contributed by atoms with E-state index in [9.17, 15) is 28.1 Å². The van der Waals surface area contributed by atoms with Gasteiger partial charge in [0.05, 0.1) is 11.0 Å². The average molecular weight is 408 g/mol. The molecular formula is C17H16N2O8S. The number of sulfonamides is 1. The maximum atomic E-state index is 12.5. The third-order valence-electron chi connectivity index (χ3n) is 4.19. The van der Waals surface area contributed by atoms with Gasteiger partial charge in [-0.25, -0.2) is 13.2 Å². The molecule has 1 aliphatic heterocycles. The second kappa shape index (κ2) is 7.90. The van der Waals surface area contributed by atoms with E-state index in [1.165, 1.54) is 28.6 Å². The van der Waals surface area contributed by atoms with Crippen molar-refractivity contribution in [2.75, 3.05) is 19.7 Å². The van der Waals surface area contributed by atoms with E-state index in [-0.39, 0.29) is 10.5 Å². The van der Waals surface area contributed by atoms with E-state index in [1.54, 1.807) is 0 Å². The van der Waals surface area contributed by atoms with Crippen LogP contribution in [0.2, 0.25) is 0 Å². The Labute approximate surface area is 159 Å². The van der Waals surface area contributed by atoms with Crippen molar-refractivity contribution in [1.29, 1.82) is 0 Å². The standard InChI is InChI=1S/C17H16N2O8S/c20-14(11-26-17(21)15-7-8-16(27-15)19(22)23)12-3-5-13(6-4-12)28(24,25)18-9-1-2-10-18/h3-8H,1-2,9-11H2. The number of furan rings is 1. The number of carbonyl (C=O) groups is 2. The van der Waals surface area contributed by atoms with Crippen molar-refractivity contribution in [2.24, 2.45) is 0 Å². The highest BCUT2D eigenvalue weighted by molar-refractivity contribution is 7.89. The first kappa shape index (κ1) is 19.7. The van der Waals surface area contributed by atoms with Crippen LogP contribution in [-0.2, 0) is 14.8 Å². The fourth-order valence-corrected chi connectivity index (χ4v) is 4.23. The number of benzene rings is 1. The molecule has 0 spiro atoms. The molecule has 0 saturated carbocycles. The topological polar surface area (TPSA) is 137 Å². The lowest BCUT2D eigenvalue weighted by Gasteiger charge is -2.15. The van der Waals surface area contributed by atoms with Crippen LogP contribution in [0.15, 0.2) is 45.7 Å². The molecule has 0 radical (unpaired) electrons. The fraction of sp³-hybridized carbons (Fsp3) is 0.294. The van der Waals surface area contributed by atoms with Crippen molar-refractivity contribution < 1.29 is 32.1 Å². The van der Waals surface area contributed by atoms with Gasteiger partial charge in [-0.1, -0.05) is 0 Å². The summed E-state index contributed by atoms with van der Waals surface area (Å²) in [5.74, 6) is -2.59. The molecule has 0 bridgehead atoms. The van der Waals surface area contributed by atoms with E-state index in [1.807, 2.05) is 0 Å². The van der Waals surface area contributed by atoms with E-state index < -0.39 is 45.0 Å². The summed E-state index contributed by atoms with van der Waals surface area (Å²) in [6, 6.07) is 7.42. The highest BCUT2D eigenvalue weighted by Gasteiger charge is 2.27. The number of hydrogen-bond acceptors (Lipinski definition) is 8. The zero-order valence-electron chi connectivity index (χ0n) is 14.6. The average Bonchev–Trinajstić information content (AvgIpc) is 3.38. The molecule has 148 valence electrons. The van der Waals surface area contributed by atoms with Gasteiger partial charge in [-0.2, -0.15) is 4.31 Å². The molecule has 3 rings (SSSR count). The third kappa shape index (κ3) is 4.10. The van der Waals surface area contributed by atoms with E-state index in [2.05, 4.69) is 0 Å². The first-order valence-electron chi connectivity index (χ1n) is 8.34. The largest absolute Gasteiger partial charge is 0.451 e. The number of Topliss-reactive ketones (excluding diaryl/α,β-unsaturated/α-hetero) is 1. The number of ether oxygens (including phenoxy) is 1. The highest BCUT2D eigenvalue weighted by Crippen LogP contribution is 2.21. The number of rotatable bonds is 7. The summed E-state index contributed by atoms with van der Waals surface area (Å²) in [7, 11) is -3.58. The van der Waals surface area contributed by atoms with Crippen LogP contribution in [0.5, 0.6) is 0 Å². The lowest BCUT2D eigenvalue weighted by molar-refractivity contribution is -0.402. The minimum Gasteiger partial charge on any atom is -0.451 e. The van der Waals surface area contributed by atoms with Crippen LogP contribution in [0, 0.1) is 10.1 Å². The van der Waals surface area contributed by atoms with Crippen LogP contribution >= 0.6 is 0 Å². The predicted octanol–water partition coefficient (Wildman–Crippen LogP) is 2.01. The van der Waals surface area contributed by atoms with E-state index in [4.69, 9.17) is 9.15 Å². The van der Waals surface area contributed by atoms with Crippen LogP contribution in [0.25, 0.3) is 0 Å². The van der Waals surface area contributed by atoms with Gasteiger partial charge < -0.3 is 9.15 Å². The number of nitro groups is 1. The quantitative estimate of drug-likeness (QED) is 0.294. The Balaban J connectivity index is 1.61. The highest BCUT2D eigenvalue weighted by atomic mass is 32.2. The molecular weight excluding hydrogens is 392 g/mol. The summed E-state index contributed by atoms with van der Waals surface area (Å²) in [6.07, 6.45) is 1.64. The number of esters is 1. The summed E-state index contributed by atoms with van der Waals surface area (Å²) in [5.41, 5.74) is 0.165. The van der Waals surface area contributed by atoms with Gasteiger partial charge in [0.25, 0.3) is 0 Å². The molecule has 0 amide bonds. The lowest BCUT2D eigenvalue weighted by Crippen LogP contribution is -2.27. The van der Waals surface area contributed by atoms with Crippen LogP contribution in [0.1, 0.15) is 33.8 Å². The summed E-state index contributed by atoms with van der Waals surface area (Å²) in [5, 5.41) is 10.5. The fourth-order valence-electron chi connectivity index (χ4n) is 2.71. The Morgan fingerprint density at radius 3 is 2.32 bits per heavy atom.